The van der Waals surface area contributed by atoms with E-state index < -0.39 is 0 Å². The van der Waals surface area contributed by atoms with E-state index >= 15 is 0 Å². The Bertz CT molecular complexity index is 360. The Labute approximate surface area is 75.3 Å². The van der Waals surface area contributed by atoms with Gasteiger partial charge in [-0.2, -0.15) is 0 Å². The molecule has 0 saturated heterocycles. The minimum absolute atomic E-state index is 0.0295. The van der Waals surface area contributed by atoms with Gasteiger partial charge < -0.3 is 4.74 Å². The van der Waals surface area contributed by atoms with Crippen LogP contribution in [0, 0.1) is 5.82 Å². The Morgan fingerprint density at radius 3 is 3.00 bits per heavy atom. The molecular weight excluding hydrogens is 171 g/mol. The minimum Gasteiger partial charge on any atom is -0.376 e. The van der Waals surface area contributed by atoms with Crippen molar-refractivity contribution in [3.8, 4) is 0 Å². The number of rotatable bonds is 1. The Hall–Kier alpha value is -1.22. The van der Waals surface area contributed by atoms with Crippen LogP contribution in [0.15, 0.2) is 18.2 Å². The van der Waals surface area contributed by atoms with Gasteiger partial charge >= 0.3 is 0 Å². The topological polar surface area (TPSA) is 26.3 Å². The first kappa shape index (κ1) is 8.38. The summed E-state index contributed by atoms with van der Waals surface area (Å²) < 4.78 is 17.9. The number of hydrogen-bond acceptors (Lipinski definition) is 2. The van der Waals surface area contributed by atoms with Gasteiger partial charge in [0.25, 0.3) is 0 Å². The van der Waals surface area contributed by atoms with Crippen molar-refractivity contribution in [2.24, 2.45) is 0 Å². The smallest absolute Gasteiger partial charge is 0.166 e. The second-order valence-electron chi connectivity index (χ2n) is 3.08. The third-order valence-corrected chi connectivity index (χ3v) is 2.32. The quantitative estimate of drug-likeness (QED) is 0.661. The van der Waals surface area contributed by atoms with Crippen molar-refractivity contribution in [3.63, 3.8) is 0 Å². The molecule has 1 aliphatic carbocycles. The molecule has 1 aromatic rings. The highest BCUT2D eigenvalue weighted by Gasteiger charge is 2.29. The van der Waals surface area contributed by atoms with E-state index in [0.29, 0.717) is 17.5 Å². The van der Waals surface area contributed by atoms with E-state index in [1.54, 1.807) is 0 Å². The molecular formula is C10H9FO2. The second kappa shape index (κ2) is 2.92. The molecule has 0 spiro atoms. The van der Waals surface area contributed by atoms with Crippen LogP contribution >= 0.6 is 0 Å². The average molecular weight is 180 g/mol. The fraction of sp³-hybridized carbons (Fsp3) is 0.300. The van der Waals surface area contributed by atoms with Gasteiger partial charge in [-0.25, -0.2) is 4.39 Å². The molecule has 1 atom stereocenters. The maximum Gasteiger partial charge on any atom is 0.166 e. The van der Waals surface area contributed by atoms with Crippen LogP contribution in [0.4, 0.5) is 4.39 Å². The zero-order chi connectivity index (χ0) is 9.42. The van der Waals surface area contributed by atoms with Crippen LogP contribution in [0.5, 0.6) is 0 Å². The molecule has 0 N–H and O–H groups in total. The summed E-state index contributed by atoms with van der Waals surface area (Å²) in [6.07, 6.45) is 0.0631. The molecule has 1 aromatic carbocycles. The summed E-state index contributed by atoms with van der Waals surface area (Å²) in [5.41, 5.74) is 1.26. The molecule has 3 heteroatoms. The maximum absolute atomic E-state index is 12.8. The number of carbonyl (C=O) groups excluding carboxylic acids is 1. The van der Waals surface area contributed by atoms with Crippen LogP contribution < -0.4 is 0 Å². The zero-order valence-electron chi connectivity index (χ0n) is 7.21. The van der Waals surface area contributed by atoms with Gasteiger partial charge in [-0.3, -0.25) is 4.79 Å². The minimum atomic E-state index is -0.324. The number of hydrogen-bond donors (Lipinski definition) is 0. The molecule has 0 amide bonds. The molecule has 13 heavy (non-hydrogen) atoms. The summed E-state index contributed by atoms with van der Waals surface area (Å²) >= 11 is 0. The molecule has 0 heterocycles. The number of halogens is 1. The molecule has 2 nitrogen and oxygen atoms in total. The highest BCUT2D eigenvalue weighted by molar-refractivity contribution is 6.01. The van der Waals surface area contributed by atoms with Gasteiger partial charge in [0.1, 0.15) is 5.82 Å². The zero-order valence-corrected chi connectivity index (χ0v) is 7.21. The molecule has 1 unspecified atom stereocenters. The van der Waals surface area contributed by atoms with Gasteiger partial charge in [0.05, 0.1) is 6.10 Å². The van der Waals surface area contributed by atoms with Crippen molar-refractivity contribution in [1.82, 2.24) is 0 Å². The lowest BCUT2D eigenvalue weighted by Crippen LogP contribution is -1.96. The largest absolute Gasteiger partial charge is 0.376 e. The van der Waals surface area contributed by atoms with E-state index in [-0.39, 0.29) is 17.7 Å². The molecule has 0 fully saturated rings. The third kappa shape index (κ3) is 1.25. The summed E-state index contributed by atoms with van der Waals surface area (Å²) in [6.45, 7) is 0. The van der Waals surface area contributed by atoms with Crippen LogP contribution in [0.3, 0.4) is 0 Å². The van der Waals surface area contributed by atoms with Gasteiger partial charge in [0.2, 0.25) is 0 Å². The van der Waals surface area contributed by atoms with Gasteiger partial charge in [-0.15, -0.1) is 0 Å². The second-order valence-corrected chi connectivity index (χ2v) is 3.08. The summed E-state index contributed by atoms with van der Waals surface area (Å²) in [5, 5.41) is 0. The molecule has 0 saturated carbocycles. The fourth-order valence-electron chi connectivity index (χ4n) is 1.65. The highest BCUT2D eigenvalue weighted by Crippen LogP contribution is 2.33. The Morgan fingerprint density at radius 2 is 2.31 bits per heavy atom. The monoisotopic (exact) mass is 180 g/mol. The first-order valence-electron chi connectivity index (χ1n) is 4.08. The predicted octanol–water partition coefficient (Wildman–Crippen LogP) is 2.10. The van der Waals surface area contributed by atoms with Crippen molar-refractivity contribution in [2.75, 3.05) is 7.11 Å². The van der Waals surface area contributed by atoms with Crippen molar-refractivity contribution >= 4 is 5.78 Å². The number of benzene rings is 1. The summed E-state index contributed by atoms with van der Waals surface area (Å²) in [5.74, 6) is -0.294. The van der Waals surface area contributed by atoms with Crippen molar-refractivity contribution < 1.29 is 13.9 Å². The van der Waals surface area contributed by atoms with Gasteiger partial charge in [-0.1, -0.05) is 0 Å². The lowest BCUT2D eigenvalue weighted by molar-refractivity contribution is 0.0811. The molecule has 2 rings (SSSR count). The SMILES string of the molecule is COC1CC(=O)c2ccc(F)cc21. The number of ketones is 1. The van der Waals surface area contributed by atoms with Gasteiger partial charge in [0, 0.05) is 19.1 Å². The van der Waals surface area contributed by atoms with Crippen molar-refractivity contribution in [1.29, 1.82) is 0 Å². The van der Waals surface area contributed by atoms with Gasteiger partial charge in [-0.05, 0) is 23.8 Å². The number of ether oxygens (including phenoxy) is 1. The molecule has 68 valence electrons. The van der Waals surface area contributed by atoms with Crippen LogP contribution in [-0.2, 0) is 4.74 Å². The first-order chi connectivity index (χ1) is 6.22. The van der Waals surface area contributed by atoms with Crippen molar-refractivity contribution in [3.05, 3.63) is 35.1 Å². The normalized spacial score (nSPS) is 20.5. The summed E-state index contributed by atoms with van der Waals surface area (Å²) in [7, 11) is 1.53. The van der Waals surface area contributed by atoms with E-state index in [4.69, 9.17) is 4.74 Å². The Morgan fingerprint density at radius 1 is 1.54 bits per heavy atom. The average Bonchev–Trinajstić information content (AvgIpc) is 2.42. The molecule has 0 bridgehead atoms. The highest BCUT2D eigenvalue weighted by atomic mass is 19.1. The molecule has 0 aliphatic heterocycles. The maximum atomic E-state index is 12.8. The van der Waals surface area contributed by atoms with Crippen LogP contribution in [0.1, 0.15) is 28.4 Å². The molecule has 0 aromatic heterocycles. The van der Waals surface area contributed by atoms with E-state index in [9.17, 15) is 9.18 Å². The molecule has 0 radical (unpaired) electrons. The van der Waals surface area contributed by atoms with Crippen molar-refractivity contribution in [2.45, 2.75) is 12.5 Å². The third-order valence-electron chi connectivity index (χ3n) is 2.32. The number of Topliss-reactive ketones (excluding diaryl/α,β-unsaturated/α-hetero) is 1. The first-order valence-corrected chi connectivity index (χ1v) is 4.08. The van der Waals surface area contributed by atoms with Crippen LogP contribution in [0.25, 0.3) is 0 Å². The van der Waals surface area contributed by atoms with E-state index in [1.165, 1.54) is 25.3 Å². The lowest BCUT2D eigenvalue weighted by atomic mass is 10.1. The van der Waals surface area contributed by atoms with Gasteiger partial charge in [0.15, 0.2) is 5.78 Å². The predicted molar refractivity (Wildman–Crippen MR) is 45.1 cm³/mol. The van der Waals surface area contributed by atoms with E-state index in [0.717, 1.165) is 0 Å². The Kier molecular flexibility index (Phi) is 1.88. The number of fused-ring (bicyclic) bond motifs is 1. The standard InChI is InChI=1S/C10H9FO2/c1-13-10-5-9(12)7-3-2-6(11)4-8(7)10/h2-4,10H,5H2,1H3. The lowest BCUT2D eigenvalue weighted by Gasteiger charge is -2.06. The summed E-state index contributed by atoms with van der Waals surface area (Å²) in [6, 6.07) is 4.19. The van der Waals surface area contributed by atoms with Crippen LogP contribution in [-0.4, -0.2) is 12.9 Å². The van der Waals surface area contributed by atoms with E-state index in [2.05, 4.69) is 0 Å². The number of methoxy groups -OCH3 is 1. The fourth-order valence-corrected chi connectivity index (χ4v) is 1.65. The molecule has 1 aliphatic rings. The van der Waals surface area contributed by atoms with Crippen LogP contribution in [0.2, 0.25) is 0 Å². The Balaban J connectivity index is 2.52. The number of carbonyl (C=O) groups is 1. The summed E-state index contributed by atoms with van der Waals surface area (Å²) in [4.78, 5) is 11.3. The van der Waals surface area contributed by atoms with E-state index in [1.807, 2.05) is 0 Å².